The van der Waals surface area contributed by atoms with Crippen molar-refractivity contribution in [3.8, 4) is 0 Å². The van der Waals surface area contributed by atoms with E-state index in [9.17, 15) is 0 Å². The van der Waals surface area contributed by atoms with Gasteiger partial charge < -0.3 is 14.3 Å². The molecule has 2 rings (SSSR count). The Morgan fingerprint density at radius 1 is 1.47 bits per heavy atom. The SMILES string of the molecule is CCCNC(CCc1ccco1)Cc1nccn1C. The molecule has 1 unspecified atom stereocenters. The molecule has 104 valence electrons. The largest absolute Gasteiger partial charge is 0.469 e. The molecule has 2 aromatic rings. The van der Waals surface area contributed by atoms with E-state index in [1.54, 1.807) is 6.26 Å². The van der Waals surface area contributed by atoms with Gasteiger partial charge in [0.2, 0.25) is 0 Å². The third-order valence-electron chi connectivity index (χ3n) is 3.35. The molecule has 4 heteroatoms. The van der Waals surface area contributed by atoms with E-state index in [0.717, 1.165) is 43.8 Å². The lowest BCUT2D eigenvalue weighted by Crippen LogP contribution is -2.33. The van der Waals surface area contributed by atoms with Crippen LogP contribution in [-0.2, 0) is 19.9 Å². The Kier molecular flexibility index (Phi) is 5.21. The molecule has 0 bridgehead atoms. The fourth-order valence-corrected chi connectivity index (χ4v) is 2.21. The van der Waals surface area contributed by atoms with Gasteiger partial charge in [-0.2, -0.15) is 0 Å². The maximum Gasteiger partial charge on any atom is 0.109 e. The number of furan rings is 1. The quantitative estimate of drug-likeness (QED) is 0.794. The molecular weight excluding hydrogens is 238 g/mol. The van der Waals surface area contributed by atoms with E-state index >= 15 is 0 Å². The number of rotatable bonds is 8. The van der Waals surface area contributed by atoms with Gasteiger partial charge in [0.05, 0.1) is 6.26 Å². The van der Waals surface area contributed by atoms with Crippen LogP contribution in [0.3, 0.4) is 0 Å². The highest BCUT2D eigenvalue weighted by Gasteiger charge is 2.12. The number of nitrogens with zero attached hydrogens (tertiary/aromatic N) is 2. The standard InChI is InChI=1S/C15H23N3O/c1-3-8-16-13(6-7-14-5-4-11-19-14)12-15-17-9-10-18(15)2/h4-5,9-11,13,16H,3,6-8,12H2,1-2H3. The van der Waals surface area contributed by atoms with Crippen molar-refractivity contribution < 1.29 is 4.42 Å². The van der Waals surface area contributed by atoms with Crippen molar-refractivity contribution in [1.82, 2.24) is 14.9 Å². The molecular formula is C15H23N3O. The summed E-state index contributed by atoms with van der Waals surface area (Å²) in [6.45, 7) is 3.24. The minimum atomic E-state index is 0.450. The first kappa shape index (κ1) is 13.9. The van der Waals surface area contributed by atoms with Crippen LogP contribution in [0.5, 0.6) is 0 Å². The third-order valence-corrected chi connectivity index (χ3v) is 3.35. The van der Waals surface area contributed by atoms with Crippen LogP contribution in [-0.4, -0.2) is 22.1 Å². The Morgan fingerprint density at radius 2 is 2.37 bits per heavy atom. The van der Waals surface area contributed by atoms with Crippen LogP contribution in [0.25, 0.3) is 0 Å². The summed E-state index contributed by atoms with van der Waals surface area (Å²) in [7, 11) is 2.05. The summed E-state index contributed by atoms with van der Waals surface area (Å²) in [5.74, 6) is 2.19. The fourth-order valence-electron chi connectivity index (χ4n) is 2.21. The molecule has 4 nitrogen and oxygen atoms in total. The average Bonchev–Trinajstić information content (AvgIpc) is 3.05. The molecule has 0 aliphatic heterocycles. The van der Waals surface area contributed by atoms with E-state index in [0.29, 0.717) is 6.04 Å². The Labute approximate surface area is 114 Å². The van der Waals surface area contributed by atoms with Gasteiger partial charge in [-0.3, -0.25) is 0 Å². The summed E-state index contributed by atoms with van der Waals surface area (Å²) in [6.07, 6.45) is 9.75. The molecule has 0 saturated heterocycles. The van der Waals surface area contributed by atoms with Gasteiger partial charge >= 0.3 is 0 Å². The van der Waals surface area contributed by atoms with Gasteiger partial charge in [-0.1, -0.05) is 6.92 Å². The Morgan fingerprint density at radius 3 is 3.00 bits per heavy atom. The summed E-state index contributed by atoms with van der Waals surface area (Å²) in [5.41, 5.74) is 0. The van der Waals surface area contributed by atoms with Gasteiger partial charge in [0.15, 0.2) is 0 Å². The first-order valence-electron chi connectivity index (χ1n) is 7.01. The molecule has 2 heterocycles. The Bertz CT molecular complexity index is 461. The lowest BCUT2D eigenvalue weighted by atomic mass is 10.1. The fraction of sp³-hybridized carbons (Fsp3) is 0.533. The number of aryl methyl sites for hydroxylation is 2. The average molecular weight is 261 g/mol. The molecule has 1 atom stereocenters. The van der Waals surface area contributed by atoms with Gasteiger partial charge in [0.25, 0.3) is 0 Å². The molecule has 0 aliphatic carbocycles. The lowest BCUT2D eigenvalue weighted by molar-refractivity contribution is 0.434. The zero-order valence-electron chi connectivity index (χ0n) is 11.8. The maximum absolute atomic E-state index is 5.40. The van der Waals surface area contributed by atoms with Gasteiger partial charge in [-0.15, -0.1) is 0 Å². The molecule has 0 fully saturated rings. The second-order valence-corrected chi connectivity index (χ2v) is 4.93. The lowest BCUT2D eigenvalue weighted by Gasteiger charge is -2.17. The van der Waals surface area contributed by atoms with Crippen LogP contribution in [0.4, 0.5) is 0 Å². The molecule has 19 heavy (non-hydrogen) atoms. The second kappa shape index (κ2) is 7.14. The molecule has 1 N–H and O–H groups in total. The number of imidazole rings is 1. The first-order valence-corrected chi connectivity index (χ1v) is 7.01. The molecule has 0 aromatic carbocycles. The van der Waals surface area contributed by atoms with Crippen LogP contribution in [0.15, 0.2) is 35.2 Å². The zero-order chi connectivity index (χ0) is 13.5. The topological polar surface area (TPSA) is 43.0 Å². The van der Waals surface area contributed by atoms with Crippen LogP contribution >= 0.6 is 0 Å². The van der Waals surface area contributed by atoms with E-state index in [4.69, 9.17) is 4.42 Å². The van der Waals surface area contributed by atoms with Gasteiger partial charge in [0.1, 0.15) is 11.6 Å². The van der Waals surface area contributed by atoms with Crippen LogP contribution in [0.1, 0.15) is 31.4 Å². The zero-order valence-corrected chi connectivity index (χ0v) is 11.8. The highest BCUT2D eigenvalue weighted by Crippen LogP contribution is 2.09. The molecule has 0 spiro atoms. The first-order chi connectivity index (χ1) is 9.29. The predicted molar refractivity (Wildman–Crippen MR) is 76.0 cm³/mol. The van der Waals surface area contributed by atoms with Crippen molar-refractivity contribution in [2.24, 2.45) is 7.05 Å². The predicted octanol–water partition coefficient (Wildman–Crippen LogP) is 2.56. The summed E-state index contributed by atoms with van der Waals surface area (Å²) >= 11 is 0. The normalized spacial score (nSPS) is 12.7. The van der Waals surface area contributed by atoms with Crippen molar-refractivity contribution >= 4 is 0 Å². The highest BCUT2D eigenvalue weighted by atomic mass is 16.3. The van der Waals surface area contributed by atoms with Crippen LogP contribution in [0.2, 0.25) is 0 Å². The minimum Gasteiger partial charge on any atom is -0.469 e. The molecule has 0 saturated carbocycles. The molecule has 0 radical (unpaired) electrons. The van der Waals surface area contributed by atoms with Crippen LogP contribution < -0.4 is 5.32 Å². The van der Waals surface area contributed by atoms with Gasteiger partial charge in [0, 0.05) is 38.3 Å². The van der Waals surface area contributed by atoms with E-state index in [2.05, 4.69) is 21.8 Å². The second-order valence-electron chi connectivity index (χ2n) is 4.93. The van der Waals surface area contributed by atoms with E-state index in [-0.39, 0.29) is 0 Å². The van der Waals surface area contributed by atoms with Gasteiger partial charge in [-0.25, -0.2) is 4.98 Å². The summed E-state index contributed by atoms with van der Waals surface area (Å²) in [4.78, 5) is 4.41. The van der Waals surface area contributed by atoms with Gasteiger partial charge in [-0.05, 0) is 31.5 Å². The number of hydrogen-bond acceptors (Lipinski definition) is 3. The van der Waals surface area contributed by atoms with Crippen molar-refractivity contribution in [3.63, 3.8) is 0 Å². The van der Waals surface area contributed by atoms with E-state index < -0.39 is 0 Å². The summed E-state index contributed by atoms with van der Waals surface area (Å²) in [5, 5.41) is 3.60. The highest BCUT2D eigenvalue weighted by molar-refractivity contribution is 5.00. The van der Waals surface area contributed by atoms with Crippen molar-refractivity contribution in [3.05, 3.63) is 42.4 Å². The Balaban J connectivity index is 1.89. The van der Waals surface area contributed by atoms with Crippen molar-refractivity contribution in [2.75, 3.05) is 6.54 Å². The minimum absolute atomic E-state index is 0.450. The third kappa shape index (κ3) is 4.24. The Hall–Kier alpha value is -1.55. The molecule has 0 aliphatic rings. The monoisotopic (exact) mass is 261 g/mol. The number of aromatic nitrogens is 2. The van der Waals surface area contributed by atoms with E-state index in [1.807, 2.05) is 31.6 Å². The molecule has 2 aromatic heterocycles. The van der Waals surface area contributed by atoms with Crippen molar-refractivity contribution in [2.45, 2.75) is 38.6 Å². The maximum atomic E-state index is 5.40. The summed E-state index contributed by atoms with van der Waals surface area (Å²) in [6, 6.07) is 4.44. The molecule has 0 amide bonds. The van der Waals surface area contributed by atoms with E-state index in [1.165, 1.54) is 0 Å². The number of nitrogens with one attached hydrogen (secondary N) is 1. The smallest absolute Gasteiger partial charge is 0.109 e. The number of hydrogen-bond donors (Lipinski definition) is 1. The van der Waals surface area contributed by atoms with Crippen molar-refractivity contribution in [1.29, 1.82) is 0 Å². The van der Waals surface area contributed by atoms with Crippen LogP contribution in [0, 0.1) is 0 Å². The summed E-state index contributed by atoms with van der Waals surface area (Å²) < 4.78 is 7.49.